The van der Waals surface area contributed by atoms with Crippen LogP contribution in [-0.4, -0.2) is 16.1 Å². The number of hydrogen-bond acceptors (Lipinski definition) is 2. The summed E-state index contributed by atoms with van der Waals surface area (Å²) in [5.41, 5.74) is 2.78. The number of pyridine rings is 1. The molecule has 0 fully saturated rings. The Morgan fingerprint density at radius 1 is 1.47 bits per heavy atom. The van der Waals surface area contributed by atoms with Crippen molar-refractivity contribution < 1.29 is 9.90 Å². The van der Waals surface area contributed by atoms with Gasteiger partial charge in [0.1, 0.15) is 0 Å². The first-order valence-corrected chi connectivity index (χ1v) is 6.79. The molecule has 0 radical (unpaired) electrons. The van der Waals surface area contributed by atoms with Gasteiger partial charge in [-0.1, -0.05) is 30.7 Å². The predicted molar refractivity (Wildman–Crippen MR) is 74.9 cm³/mol. The van der Waals surface area contributed by atoms with E-state index in [0.717, 1.165) is 30.5 Å². The molecule has 3 rings (SSSR count). The van der Waals surface area contributed by atoms with Crippen molar-refractivity contribution in [2.24, 2.45) is 5.92 Å². The van der Waals surface area contributed by atoms with E-state index in [4.69, 9.17) is 11.6 Å². The second kappa shape index (κ2) is 4.49. The van der Waals surface area contributed by atoms with Crippen LogP contribution in [0.5, 0.6) is 0 Å². The number of halogens is 1. The van der Waals surface area contributed by atoms with E-state index in [1.165, 1.54) is 0 Å². The van der Waals surface area contributed by atoms with Crippen LogP contribution in [0.3, 0.4) is 0 Å². The molecule has 1 atom stereocenters. The van der Waals surface area contributed by atoms with Gasteiger partial charge in [-0.25, -0.2) is 4.79 Å². The number of fused-ring (bicyclic) bond motifs is 2. The van der Waals surface area contributed by atoms with Gasteiger partial charge in [0.15, 0.2) is 0 Å². The zero-order valence-electron chi connectivity index (χ0n) is 10.6. The van der Waals surface area contributed by atoms with Crippen LogP contribution in [0.15, 0.2) is 18.2 Å². The molecule has 1 aliphatic carbocycles. The van der Waals surface area contributed by atoms with Crippen molar-refractivity contribution in [3.05, 3.63) is 40.0 Å². The highest BCUT2D eigenvalue weighted by molar-refractivity contribution is 6.35. The van der Waals surface area contributed by atoms with E-state index in [9.17, 15) is 9.90 Å². The predicted octanol–water partition coefficient (Wildman–Crippen LogP) is 3.71. The Balaban J connectivity index is 2.40. The van der Waals surface area contributed by atoms with E-state index < -0.39 is 5.97 Å². The van der Waals surface area contributed by atoms with Gasteiger partial charge in [-0.2, -0.15) is 0 Å². The summed E-state index contributed by atoms with van der Waals surface area (Å²) in [6, 6.07) is 5.31. The number of rotatable bonds is 1. The second-order valence-corrected chi connectivity index (χ2v) is 5.61. The van der Waals surface area contributed by atoms with E-state index in [2.05, 4.69) is 11.9 Å². The Bertz CT molecular complexity index is 681. The van der Waals surface area contributed by atoms with E-state index in [0.29, 0.717) is 27.4 Å². The summed E-state index contributed by atoms with van der Waals surface area (Å²) in [6.07, 6.45) is 2.67. The third kappa shape index (κ3) is 1.98. The Morgan fingerprint density at radius 2 is 2.26 bits per heavy atom. The number of carbonyl (C=O) groups is 1. The summed E-state index contributed by atoms with van der Waals surface area (Å²) in [5, 5.41) is 10.7. The van der Waals surface area contributed by atoms with Gasteiger partial charge in [0, 0.05) is 11.1 Å². The first kappa shape index (κ1) is 12.4. The van der Waals surface area contributed by atoms with Gasteiger partial charge >= 0.3 is 5.97 Å². The first-order valence-electron chi connectivity index (χ1n) is 6.41. The molecule has 1 aromatic heterocycles. The van der Waals surface area contributed by atoms with Crippen molar-refractivity contribution in [3.63, 3.8) is 0 Å². The van der Waals surface area contributed by atoms with Crippen LogP contribution in [0.25, 0.3) is 10.9 Å². The number of aromatic carboxylic acids is 1. The Labute approximate surface area is 116 Å². The van der Waals surface area contributed by atoms with Gasteiger partial charge in [-0.15, -0.1) is 0 Å². The fraction of sp³-hybridized carbons (Fsp3) is 0.333. The SMILES string of the molecule is CC1CCc2nc3c(Cl)cccc3c(C(=O)O)c2C1. The minimum Gasteiger partial charge on any atom is -0.478 e. The van der Waals surface area contributed by atoms with Crippen molar-refractivity contribution in [1.82, 2.24) is 4.98 Å². The maximum atomic E-state index is 11.6. The zero-order valence-corrected chi connectivity index (χ0v) is 11.4. The summed E-state index contributed by atoms with van der Waals surface area (Å²) in [7, 11) is 0. The topological polar surface area (TPSA) is 50.2 Å². The minimum atomic E-state index is -0.889. The maximum Gasteiger partial charge on any atom is 0.336 e. The molecule has 0 amide bonds. The Morgan fingerprint density at radius 3 is 3.00 bits per heavy atom. The average Bonchev–Trinajstić information content (AvgIpc) is 2.36. The lowest BCUT2D eigenvalue weighted by Gasteiger charge is -2.23. The fourth-order valence-electron chi connectivity index (χ4n) is 2.84. The molecule has 0 aliphatic heterocycles. The lowest BCUT2D eigenvalue weighted by Crippen LogP contribution is -2.18. The molecule has 1 aliphatic rings. The third-order valence-electron chi connectivity index (χ3n) is 3.79. The number of benzene rings is 1. The van der Waals surface area contributed by atoms with Gasteiger partial charge in [0.2, 0.25) is 0 Å². The molecular weight excluding hydrogens is 262 g/mol. The first-order chi connectivity index (χ1) is 9.08. The van der Waals surface area contributed by atoms with Gasteiger partial charge in [-0.3, -0.25) is 4.98 Å². The van der Waals surface area contributed by atoms with Crippen molar-refractivity contribution in [3.8, 4) is 0 Å². The zero-order chi connectivity index (χ0) is 13.6. The molecule has 1 aromatic carbocycles. The molecular formula is C15H14ClNO2. The lowest BCUT2D eigenvalue weighted by molar-refractivity contribution is 0.0697. The van der Waals surface area contributed by atoms with Crippen molar-refractivity contribution >= 4 is 28.5 Å². The highest BCUT2D eigenvalue weighted by Gasteiger charge is 2.25. The highest BCUT2D eigenvalue weighted by atomic mass is 35.5. The molecule has 1 heterocycles. The maximum absolute atomic E-state index is 11.6. The van der Waals surface area contributed by atoms with Gasteiger partial charge in [0.05, 0.1) is 16.1 Å². The van der Waals surface area contributed by atoms with Crippen molar-refractivity contribution in [1.29, 1.82) is 0 Å². The van der Waals surface area contributed by atoms with Gasteiger partial charge in [-0.05, 0) is 36.8 Å². The largest absolute Gasteiger partial charge is 0.478 e. The number of hydrogen-bond donors (Lipinski definition) is 1. The smallest absolute Gasteiger partial charge is 0.336 e. The summed E-state index contributed by atoms with van der Waals surface area (Å²) in [4.78, 5) is 16.2. The standard InChI is InChI=1S/C15H14ClNO2/c1-8-5-6-12-10(7-8)13(15(18)19)9-3-2-4-11(16)14(9)17-12/h2-4,8H,5-7H2,1H3,(H,18,19). The number of nitrogens with zero attached hydrogens (tertiary/aromatic N) is 1. The number of aromatic nitrogens is 1. The third-order valence-corrected chi connectivity index (χ3v) is 4.10. The minimum absolute atomic E-state index is 0.383. The molecule has 0 saturated heterocycles. The van der Waals surface area contributed by atoms with Crippen molar-refractivity contribution in [2.75, 3.05) is 0 Å². The molecule has 0 spiro atoms. The number of carboxylic acid groups (broad SMARTS) is 1. The van der Waals surface area contributed by atoms with Crippen LogP contribution in [0.4, 0.5) is 0 Å². The molecule has 1 unspecified atom stereocenters. The van der Waals surface area contributed by atoms with E-state index >= 15 is 0 Å². The Kier molecular flexibility index (Phi) is 2.94. The van der Waals surface area contributed by atoms with Crippen LogP contribution in [0.2, 0.25) is 5.02 Å². The summed E-state index contributed by atoms with van der Waals surface area (Å²) in [5.74, 6) is -0.385. The quantitative estimate of drug-likeness (QED) is 0.863. The molecule has 3 nitrogen and oxygen atoms in total. The molecule has 1 N–H and O–H groups in total. The summed E-state index contributed by atoms with van der Waals surface area (Å²) < 4.78 is 0. The van der Waals surface area contributed by atoms with E-state index in [-0.39, 0.29) is 0 Å². The second-order valence-electron chi connectivity index (χ2n) is 5.20. The number of carboxylic acids is 1. The van der Waals surface area contributed by atoms with Crippen LogP contribution in [-0.2, 0) is 12.8 Å². The average molecular weight is 276 g/mol. The Hall–Kier alpha value is -1.61. The molecule has 19 heavy (non-hydrogen) atoms. The molecule has 2 aromatic rings. The van der Waals surface area contributed by atoms with Crippen molar-refractivity contribution in [2.45, 2.75) is 26.2 Å². The number of para-hydroxylation sites is 1. The van der Waals surface area contributed by atoms with E-state index in [1.807, 2.05) is 0 Å². The molecule has 0 bridgehead atoms. The highest BCUT2D eigenvalue weighted by Crippen LogP contribution is 2.33. The normalized spacial score (nSPS) is 18.3. The lowest BCUT2D eigenvalue weighted by atomic mass is 9.84. The molecule has 0 saturated carbocycles. The summed E-state index contributed by atoms with van der Waals surface area (Å²) in [6.45, 7) is 2.15. The number of aryl methyl sites for hydroxylation is 1. The molecule has 98 valence electrons. The van der Waals surface area contributed by atoms with Crippen LogP contribution >= 0.6 is 11.6 Å². The van der Waals surface area contributed by atoms with E-state index in [1.54, 1.807) is 18.2 Å². The monoisotopic (exact) mass is 275 g/mol. The van der Waals surface area contributed by atoms with Crippen LogP contribution < -0.4 is 0 Å². The molecule has 4 heteroatoms. The summed E-state index contributed by atoms with van der Waals surface area (Å²) >= 11 is 6.15. The van der Waals surface area contributed by atoms with Gasteiger partial charge in [0.25, 0.3) is 0 Å². The van der Waals surface area contributed by atoms with Crippen LogP contribution in [0, 0.1) is 5.92 Å². The van der Waals surface area contributed by atoms with Crippen LogP contribution in [0.1, 0.15) is 35.0 Å². The fourth-order valence-corrected chi connectivity index (χ4v) is 3.06. The van der Waals surface area contributed by atoms with Gasteiger partial charge < -0.3 is 5.11 Å².